The van der Waals surface area contributed by atoms with E-state index >= 15 is 0 Å². The summed E-state index contributed by atoms with van der Waals surface area (Å²) < 4.78 is 290. The van der Waals surface area contributed by atoms with Gasteiger partial charge in [-0.25, -0.2) is 56.8 Å². The Morgan fingerprint density at radius 1 is 0.393 bits per heavy atom. The molecule has 35 heteroatoms. The van der Waals surface area contributed by atoms with Crippen molar-refractivity contribution in [1.82, 2.24) is 0 Å². The third-order valence-corrected chi connectivity index (χ3v) is 27.3. The van der Waals surface area contributed by atoms with E-state index in [9.17, 15) is 115 Å². The average Bonchev–Trinajstić information content (AvgIpc) is 1.54. The van der Waals surface area contributed by atoms with Crippen LogP contribution in [0.2, 0.25) is 0 Å². The number of esters is 3. The van der Waals surface area contributed by atoms with Crippen molar-refractivity contribution in [1.29, 1.82) is 0 Å². The standard InChI is InChI=1S/C18H13S.C18H15S.C14H19F3O5S.C12H10I.C10H4F8O5S.C10H9F3O5S/c1-2-8-14(9-3-1)19-17-12-6-4-10-15(17)16-11-5-7-13-18(16)19;1-4-10-16(11-5-1)19(17-12-6-2-7-13-17)18-14-8-3-9-15-18;15-14(16,17)11(7-23(19,20)21)22-12(18)13-4-8-1-9(5-13)3-10(2-8)6-13;1-3-7-11(8-4-1)13-12-9-5-2-6-10-12;11-4-3(5(12)7(14)8(15)6(4)13)9(19)23-2(10(16,17)18)1-24(20,21)22;11-10(12,13)8(6-19(15,16)17)18-9(14)7-4-2-1-3-5-7/h1-13H;1-15H;8-11H,1-7H2,(H,19,20,21);1-10H;2H,1H2,(H,20,21,22);1-5,8H,6H2,(H,15,16,17)/q2*+1;;+1;;/p-3. The first-order valence-electron chi connectivity index (χ1n) is 34.9. The summed E-state index contributed by atoms with van der Waals surface area (Å²) in [7, 11) is -15.9. The van der Waals surface area contributed by atoms with Crippen LogP contribution in [0.25, 0.3) is 25.1 Å². The average molecular weight is 1850 g/mol. The monoisotopic (exact) mass is 1840 g/mol. The summed E-state index contributed by atoms with van der Waals surface area (Å²) in [6.45, 7) is 0. The molecular weight excluding hydrogens is 1780 g/mol. The van der Waals surface area contributed by atoms with Gasteiger partial charge in [0.15, 0.2) is 59.4 Å². The largest absolute Gasteiger partial charge is 0.748 e. The highest BCUT2D eigenvalue weighted by molar-refractivity contribution is 7.97. The highest BCUT2D eigenvalue weighted by Crippen LogP contribution is 2.61. The lowest BCUT2D eigenvalue weighted by Crippen LogP contribution is -3.61. The van der Waals surface area contributed by atoms with Gasteiger partial charge in [0.25, 0.3) is 0 Å². The second kappa shape index (κ2) is 39.9. The Balaban J connectivity index is 0.000000161. The Morgan fingerprint density at radius 3 is 1.01 bits per heavy atom. The first kappa shape index (κ1) is 91.6. The maximum Gasteiger partial charge on any atom is 0.426 e. The van der Waals surface area contributed by atoms with Crippen LogP contribution in [0.4, 0.5) is 61.5 Å². The molecule has 0 radical (unpaired) electrons. The first-order chi connectivity index (χ1) is 55.1. The molecule has 15 rings (SSSR count). The number of carbonyl (C=O) groups excluding carboxylic acids is 3. The molecular formula is C82H67F14IO15S5. The molecule has 0 saturated heterocycles. The summed E-state index contributed by atoms with van der Waals surface area (Å²) in [5.41, 5.74) is -3.48. The number of benzene rings is 10. The van der Waals surface area contributed by atoms with Crippen molar-refractivity contribution in [2.45, 2.75) is 90.1 Å². The number of hydrogen-bond acceptors (Lipinski definition) is 15. The number of halogens is 15. The maximum atomic E-state index is 13.3. The van der Waals surface area contributed by atoms with E-state index in [0.29, 0.717) is 37.0 Å². The summed E-state index contributed by atoms with van der Waals surface area (Å²) >= 11 is 0.0287. The molecule has 15 nitrogen and oxygen atoms in total. The molecule has 1 aromatic heterocycles. The molecule has 0 spiro atoms. The van der Waals surface area contributed by atoms with E-state index in [2.05, 4.69) is 245 Å². The highest BCUT2D eigenvalue weighted by atomic mass is 127. The maximum absolute atomic E-state index is 13.3. The van der Waals surface area contributed by atoms with Gasteiger partial charge in [-0.1, -0.05) is 152 Å². The molecule has 10 aromatic carbocycles. The van der Waals surface area contributed by atoms with Gasteiger partial charge >= 0.3 is 57.6 Å². The van der Waals surface area contributed by atoms with Crippen LogP contribution in [-0.2, 0) is 60.3 Å². The lowest BCUT2D eigenvalue weighted by atomic mass is 9.49. The van der Waals surface area contributed by atoms with Crippen LogP contribution in [0.1, 0.15) is 59.2 Å². The SMILES string of the molecule is O=C(OC(CS(=O)(=O)[O-])C(F)(F)F)C12CC3CC(CC(C3)C1)C2.O=C(OC(CS(=O)(=O)[O-])C(F)(F)F)c1c(F)c(F)c(F)c(F)c1F.O=C(OC(CS(=O)(=O)[O-])C(F)(F)F)c1ccccc1.c1ccc(-[s+]2c3ccccc3c3ccccc32)cc1.c1ccc([I+]c2ccccc2)cc1.c1ccc([S+](c2ccccc2)c2ccccc2)cc1. The molecule has 4 fully saturated rings. The number of carbonyl (C=O) groups is 3. The Kier molecular flexibility index (Phi) is 31.3. The third kappa shape index (κ3) is 26.3. The molecule has 4 bridgehead atoms. The van der Waals surface area contributed by atoms with E-state index in [4.69, 9.17) is 0 Å². The number of hydrogen-bond donors (Lipinski definition) is 0. The predicted molar refractivity (Wildman–Crippen MR) is 400 cm³/mol. The predicted octanol–water partition coefficient (Wildman–Crippen LogP) is 15.9. The fourth-order valence-electron chi connectivity index (χ4n) is 13.3. The van der Waals surface area contributed by atoms with Gasteiger partial charge in [0.05, 0.1) is 69.5 Å². The number of rotatable bonds is 18. The topological polar surface area (TPSA) is 250 Å². The minimum Gasteiger partial charge on any atom is -0.748 e. The van der Waals surface area contributed by atoms with Gasteiger partial charge in [-0.15, -0.1) is 0 Å². The van der Waals surface area contributed by atoms with Crippen LogP contribution in [0.15, 0.2) is 276 Å². The molecule has 620 valence electrons. The van der Waals surface area contributed by atoms with Gasteiger partial charge in [0, 0.05) is 21.2 Å². The summed E-state index contributed by atoms with van der Waals surface area (Å²) in [4.78, 5) is 40.6. The minimum atomic E-state index is -5.67. The number of ether oxygens (including phenoxy) is 3. The van der Waals surface area contributed by atoms with Gasteiger partial charge in [-0.3, -0.25) is 4.79 Å². The third-order valence-electron chi connectivity index (χ3n) is 17.9. The quantitative estimate of drug-likeness (QED) is 0.0113. The molecule has 4 aliphatic carbocycles. The lowest BCUT2D eigenvalue weighted by molar-refractivity contribution is -0.597. The van der Waals surface area contributed by atoms with E-state index in [1.165, 1.54) is 77.2 Å². The van der Waals surface area contributed by atoms with Crippen molar-refractivity contribution in [2.75, 3.05) is 17.3 Å². The molecule has 4 aliphatic rings. The molecule has 0 aliphatic heterocycles. The van der Waals surface area contributed by atoms with Crippen LogP contribution in [0, 0.1) is 59.4 Å². The van der Waals surface area contributed by atoms with Crippen LogP contribution < -0.4 is 21.2 Å². The van der Waals surface area contributed by atoms with Crippen molar-refractivity contribution in [3.63, 3.8) is 0 Å². The smallest absolute Gasteiger partial charge is 0.426 e. The van der Waals surface area contributed by atoms with Crippen molar-refractivity contribution >= 4 is 89.8 Å². The van der Waals surface area contributed by atoms with E-state index in [1.807, 2.05) is 0 Å². The van der Waals surface area contributed by atoms with Gasteiger partial charge in [0.2, 0.25) is 24.1 Å². The molecule has 0 N–H and O–H groups in total. The zero-order chi connectivity index (χ0) is 85.3. The Morgan fingerprint density at radius 2 is 0.675 bits per heavy atom. The molecule has 0 amide bonds. The van der Waals surface area contributed by atoms with Crippen molar-refractivity contribution in [3.05, 3.63) is 308 Å². The molecule has 3 unspecified atom stereocenters. The Labute approximate surface area is 678 Å². The highest BCUT2D eigenvalue weighted by Gasteiger charge is 2.57. The van der Waals surface area contributed by atoms with Crippen molar-refractivity contribution in [2.24, 2.45) is 23.2 Å². The Hall–Kier alpha value is -9.34. The fraction of sp³-hybridized carbons (Fsp3) is 0.232. The van der Waals surface area contributed by atoms with Crippen LogP contribution >= 0.6 is 10.5 Å². The second-order valence-corrected chi connectivity index (χ2v) is 37.9. The van der Waals surface area contributed by atoms with Gasteiger partial charge in [-0.2, -0.15) is 39.5 Å². The lowest BCUT2D eigenvalue weighted by Gasteiger charge is -2.55. The van der Waals surface area contributed by atoms with E-state index in [1.54, 1.807) is 0 Å². The normalized spacial score (nSPS) is 17.1. The van der Waals surface area contributed by atoms with Crippen LogP contribution in [0.5, 0.6) is 0 Å². The van der Waals surface area contributed by atoms with E-state index < -0.39 is 142 Å². The summed E-state index contributed by atoms with van der Waals surface area (Å²) in [6.07, 6.45) is -20.9. The molecule has 1 heterocycles. The molecule has 117 heavy (non-hydrogen) atoms. The van der Waals surface area contributed by atoms with Crippen molar-refractivity contribution < 1.29 is 150 Å². The Bertz CT molecular complexity index is 5270. The van der Waals surface area contributed by atoms with Crippen molar-refractivity contribution in [3.8, 4) is 4.90 Å². The molecule has 4 saturated carbocycles. The summed E-state index contributed by atoms with van der Waals surface area (Å²) in [6, 6.07) is 88.7. The zero-order valence-electron chi connectivity index (χ0n) is 60.5. The van der Waals surface area contributed by atoms with Crippen LogP contribution in [-0.4, -0.2) is 111 Å². The van der Waals surface area contributed by atoms with Crippen LogP contribution in [0.3, 0.4) is 0 Å². The van der Waals surface area contributed by atoms with Gasteiger partial charge < -0.3 is 27.9 Å². The minimum absolute atomic E-state index is 0.0146. The van der Waals surface area contributed by atoms with Gasteiger partial charge in [0.1, 0.15) is 5.56 Å². The zero-order valence-corrected chi connectivity index (χ0v) is 66.7. The second-order valence-electron chi connectivity index (χ2n) is 26.5. The number of thiophene rings is 1. The van der Waals surface area contributed by atoms with Gasteiger partial charge in [-0.05, 0) is 165 Å². The molecule has 3 atom stereocenters. The van der Waals surface area contributed by atoms with E-state index in [-0.39, 0.29) is 48.1 Å². The first-order valence-corrected chi connectivity index (χ1v) is 44.2. The van der Waals surface area contributed by atoms with E-state index in [0.717, 1.165) is 19.3 Å². The summed E-state index contributed by atoms with van der Waals surface area (Å²) in [5, 5.41) is 2.79. The number of fused-ring (bicyclic) bond motifs is 3. The number of alkyl halides is 9. The fourth-order valence-corrected chi connectivity index (χ4v) is 22.0. The molecule has 11 aromatic rings. The summed E-state index contributed by atoms with van der Waals surface area (Å²) in [5.74, 6) is -23.6.